The second-order valence-corrected chi connectivity index (χ2v) is 17.0. The molecule has 2 aromatic carbocycles. The van der Waals surface area contributed by atoms with Crippen LogP contribution < -0.4 is 10.6 Å². The van der Waals surface area contributed by atoms with Crippen molar-refractivity contribution in [3.8, 4) is 22.3 Å². The first kappa shape index (κ1) is 40.4. The number of pyridine rings is 2. The average molecular weight is 805 g/mol. The van der Waals surface area contributed by atoms with E-state index in [-0.39, 0.29) is 56.8 Å². The molecule has 2 fully saturated rings. The molecule has 2 N–H and O–H groups in total. The van der Waals surface area contributed by atoms with Gasteiger partial charge in [-0.25, -0.2) is 26.3 Å². The molecular weight excluding hydrogens is 763 g/mol. The average Bonchev–Trinajstić information content (AvgIpc) is 4.04. The van der Waals surface area contributed by atoms with Crippen LogP contribution in [0.5, 0.6) is 0 Å². The van der Waals surface area contributed by atoms with Crippen molar-refractivity contribution in [3.05, 3.63) is 105 Å². The van der Waals surface area contributed by atoms with Crippen LogP contribution >= 0.6 is 0 Å². The van der Waals surface area contributed by atoms with Gasteiger partial charge in [0.15, 0.2) is 34.6 Å². The smallest absolute Gasteiger partial charge is 0.251 e. The minimum Gasteiger partial charge on any atom is -0.349 e. The van der Waals surface area contributed by atoms with E-state index in [1.807, 2.05) is 41.5 Å². The van der Waals surface area contributed by atoms with E-state index in [1.54, 1.807) is 0 Å². The minimum atomic E-state index is -0.949. The largest absolute Gasteiger partial charge is 0.349 e. The molecule has 0 aliphatic heterocycles. The Morgan fingerprint density at radius 2 is 0.914 bits per heavy atom. The highest BCUT2D eigenvalue weighted by molar-refractivity contribution is 5.97. The van der Waals surface area contributed by atoms with E-state index < -0.39 is 68.7 Å². The second kappa shape index (κ2) is 14.5. The molecule has 0 saturated heterocycles. The Morgan fingerprint density at radius 3 is 1.22 bits per heavy atom. The molecule has 2 amide bonds. The van der Waals surface area contributed by atoms with E-state index >= 15 is 17.6 Å². The highest BCUT2D eigenvalue weighted by Gasteiger charge is 2.31. The molecule has 0 unspecified atom stereocenters. The number of nitrogens with one attached hydrogen (secondary N) is 2. The van der Waals surface area contributed by atoms with Crippen molar-refractivity contribution in [2.75, 3.05) is 0 Å². The lowest BCUT2D eigenvalue weighted by atomic mass is 9.95. The van der Waals surface area contributed by atoms with Crippen LogP contribution in [-0.4, -0.2) is 53.1 Å². The molecule has 2 saturated carbocycles. The third-order valence-corrected chi connectivity index (χ3v) is 10.1. The van der Waals surface area contributed by atoms with Crippen LogP contribution in [0.2, 0.25) is 0 Å². The van der Waals surface area contributed by atoms with Crippen LogP contribution in [0.25, 0.3) is 33.5 Å². The van der Waals surface area contributed by atoms with Gasteiger partial charge in [0.25, 0.3) is 11.8 Å². The summed E-state index contributed by atoms with van der Waals surface area (Å²) >= 11 is 0. The Balaban J connectivity index is 0.000000177. The van der Waals surface area contributed by atoms with Crippen LogP contribution in [0.3, 0.4) is 0 Å². The summed E-state index contributed by atoms with van der Waals surface area (Å²) in [6.45, 7) is 14.0. The maximum absolute atomic E-state index is 15.3. The first-order chi connectivity index (χ1) is 27.1. The number of rotatable bonds is 6. The molecule has 6 aromatic rings. The fourth-order valence-corrected chi connectivity index (χ4v) is 6.56. The molecule has 4 heterocycles. The lowest BCUT2D eigenvalue weighted by Crippen LogP contribution is -2.25. The molecule has 2 aliphatic rings. The number of carbonyl (C=O) groups excluding carboxylic acids is 2. The lowest BCUT2D eigenvalue weighted by Gasteiger charge is -2.17. The Hall–Kier alpha value is -5.80. The van der Waals surface area contributed by atoms with E-state index in [0.717, 1.165) is 50.2 Å². The normalized spacial score (nSPS) is 14.4. The number of carbonyl (C=O) groups is 2. The Bertz CT molecular complexity index is 2470. The van der Waals surface area contributed by atoms with Crippen molar-refractivity contribution < 1.29 is 35.9 Å². The van der Waals surface area contributed by atoms with E-state index in [4.69, 9.17) is 0 Å². The third kappa shape index (κ3) is 7.63. The summed E-state index contributed by atoms with van der Waals surface area (Å²) in [4.78, 5) is 24.7. The van der Waals surface area contributed by atoms with Crippen LogP contribution in [0.1, 0.15) is 111 Å². The van der Waals surface area contributed by atoms with Crippen molar-refractivity contribution in [1.29, 1.82) is 0 Å². The number of halogens is 6. The molecule has 2 aliphatic carbocycles. The van der Waals surface area contributed by atoms with Gasteiger partial charge in [-0.2, -0.15) is 0 Å². The van der Waals surface area contributed by atoms with Gasteiger partial charge >= 0.3 is 0 Å². The molecule has 0 atom stereocenters. The number of hydrogen-bond acceptors (Lipinski definition) is 6. The number of hydrogen-bond donors (Lipinski definition) is 2. The van der Waals surface area contributed by atoms with Gasteiger partial charge in [0.1, 0.15) is 23.3 Å². The van der Waals surface area contributed by atoms with E-state index in [1.165, 1.54) is 34.8 Å². The van der Waals surface area contributed by atoms with Gasteiger partial charge < -0.3 is 10.6 Å². The van der Waals surface area contributed by atoms with Crippen molar-refractivity contribution in [2.24, 2.45) is 0 Å². The number of nitrogens with zero attached hydrogens (tertiary/aromatic N) is 6. The van der Waals surface area contributed by atoms with Gasteiger partial charge in [-0.15, -0.1) is 20.4 Å². The fourth-order valence-electron chi connectivity index (χ4n) is 6.56. The second-order valence-electron chi connectivity index (χ2n) is 17.0. The monoisotopic (exact) mass is 804 g/mol. The summed E-state index contributed by atoms with van der Waals surface area (Å²) in [6.07, 6.45) is 5.68. The van der Waals surface area contributed by atoms with Gasteiger partial charge in [0.2, 0.25) is 0 Å². The third-order valence-electron chi connectivity index (χ3n) is 10.1. The Labute approximate surface area is 330 Å². The molecule has 0 radical (unpaired) electrons. The Morgan fingerprint density at radius 1 is 0.569 bits per heavy atom. The molecular formula is C42H42F6N8O2. The topological polar surface area (TPSA) is 119 Å². The van der Waals surface area contributed by atoms with Crippen LogP contribution in [0, 0.1) is 48.8 Å². The van der Waals surface area contributed by atoms with E-state index in [9.17, 15) is 18.4 Å². The molecule has 58 heavy (non-hydrogen) atoms. The van der Waals surface area contributed by atoms with Crippen molar-refractivity contribution in [3.63, 3.8) is 0 Å². The quantitative estimate of drug-likeness (QED) is 0.163. The Kier molecular flexibility index (Phi) is 10.1. The van der Waals surface area contributed by atoms with Crippen molar-refractivity contribution in [1.82, 2.24) is 39.8 Å². The first-order valence-corrected chi connectivity index (χ1v) is 18.8. The van der Waals surface area contributed by atoms with Gasteiger partial charge in [-0.05, 0) is 86.1 Å². The molecule has 8 rings (SSSR count). The molecule has 16 heteroatoms. The van der Waals surface area contributed by atoms with E-state index in [2.05, 4.69) is 31.0 Å². The molecule has 0 spiro atoms. The lowest BCUT2D eigenvalue weighted by molar-refractivity contribution is 0.0942. The standard InChI is InChI=1S/2C21H21F3N4O/c2*1-10-13(7-11(8-14(10)22)19(29)25-12-5-6-12)16-15(23)9-28-18(17(16)24)26-27-20(28)21(2,3)4/h2*7-9,12H,5-6H2,1-4H3,(H,25,29). The zero-order valence-corrected chi connectivity index (χ0v) is 33.2. The van der Waals surface area contributed by atoms with E-state index in [0.29, 0.717) is 11.6 Å². The summed E-state index contributed by atoms with van der Waals surface area (Å²) in [5, 5.41) is 21.2. The predicted molar refractivity (Wildman–Crippen MR) is 204 cm³/mol. The van der Waals surface area contributed by atoms with Crippen LogP contribution in [-0.2, 0) is 10.8 Å². The van der Waals surface area contributed by atoms with Crippen LogP contribution in [0.15, 0.2) is 36.7 Å². The number of benzene rings is 2. The fraction of sp³-hybridized carbons (Fsp3) is 0.381. The zero-order valence-electron chi connectivity index (χ0n) is 33.2. The number of amides is 2. The summed E-state index contributed by atoms with van der Waals surface area (Å²) in [6, 6.07) is 4.95. The van der Waals surface area contributed by atoms with Gasteiger partial charge in [-0.3, -0.25) is 18.4 Å². The number of aromatic nitrogens is 6. The summed E-state index contributed by atoms with van der Waals surface area (Å²) < 4.78 is 92.2. The maximum atomic E-state index is 15.3. The van der Waals surface area contributed by atoms with Crippen molar-refractivity contribution >= 4 is 23.1 Å². The highest BCUT2D eigenvalue weighted by atomic mass is 19.2. The predicted octanol–water partition coefficient (Wildman–Crippen LogP) is 8.62. The van der Waals surface area contributed by atoms with Gasteiger partial charge in [0.05, 0.1) is 11.1 Å². The summed E-state index contributed by atoms with van der Waals surface area (Å²) in [5.74, 6) is -5.22. The number of fused-ring (bicyclic) bond motifs is 2. The molecule has 4 aromatic heterocycles. The first-order valence-electron chi connectivity index (χ1n) is 18.8. The highest BCUT2D eigenvalue weighted by Crippen LogP contribution is 2.36. The van der Waals surface area contributed by atoms with Gasteiger partial charge in [-0.1, -0.05) is 41.5 Å². The van der Waals surface area contributed by atoms with Gasteiger partial charge in [0, 0.05) is 46.4 Å². The molecule has 0 bridgehead atoms. The SMILES string of the molecule is Cc1c(F)cc(C(=O)NC2CC2)cc1-c1c(F)cn2c(C(C)(C)C)nnc2c1F.Cc1c(F)cc(C(=O)NC2CC2)cc1-c1c(F)cn2c(C(C)(C)C)nnc2c1F. The van der Waals surface area contributed by atoms with Crippen LogP contribution in [0.4, 0.5) is 26.3 Å². The molecule has 10 nitrogen and oxygen atoms in total. The van der Waals surface area contributed by atoms with Crippen molar-refractivity contribution in [2.45, 2.75) is 104 Å². The minimum absolute atomic E-state index is 0.0190. The molecule has 304 valence electrons. The maximum Gasteiger partial charge on any atom is 0.251 e. The summed E-state index contributed by atoms with van der Waals surface area (Å²) in [7, 11) is 0. The zero-order chi connectivity index (χ0) is 42.2. The summed E-state index contributed by atoms with van der Waals surface area (Å²) in [5.41, 5.74) is -2.05.